The summed E-state index contributed by atoms with van der Waals surface area (Å²) < 4.78 is 0.830. The molecule has 0 aliphatic carbocycles. The van der Waals surface area contributed by atoms with Crippen LogP contribution in [0.1, 0.15) is 9.67 Å². The molecule has 2 nitrogen and oxygen atoms in total. The number of hydrogen-bond acceptors (Lipinski definition) is 2. The highest BCUT2D eigenvalue weighted by atomic mass is 79.9. The first-order valence-electron chi connectivity index (χ1n) is 4.26. The van der Waals surface area contributed by atoms with E-state index in [9.17, 15) is 4.79 Å². The summed E-state index contributed by atoms with van der Waals surface area (Å²) in [7, 11) is 0. The first kappa shape index (κ1) is 10.4. The van der Waals surface area contributed by atoms with Crippen LogP contribution in [0.25, 0.3) is 10.4 Å². The second kappa shape index (κ2) is 4.16. The van der Waals surface area contributed by atoms with Crippen molar-refractivity contribution < 1.29 is 9.90 Å². The Morgan fingerprint density at radius 2 is 1.93 bits per heavy atom. The van der Waals surface area contributed by atoms with Crippen LogP contribution < -0.4 is 0 Å². The van der Waals surface area contributed by atoms with Crippen molar-refractivity contribution in [2.75, 3.05) is 0 Å². The predicted octanol–water partition coefficient (Wildman–Crippen LogP) is 3.88. The molecule has 0 atom stereocenters. The van der Waals surface area contributed by atoms with Crippen LogP contribution >= 0.6 is 27.3 Å². The highest BCUT2D eigenvalue weighted by Gasteiger charge is 2.12. The van der Waals surface area contributed by atoms with Gasteiger partial charge in [-0.05, 0) is 27.6 Å². The van der Waals surface area contributed by atoms with E-state index < -0.39 is 5.97 Å². The van der Waals surface area contributed by atoms with Crippen molar-refractivity contribution in [3.05, 3.63) is 45.7 Å². The van der Waals surface area contributed by atoms with Crippen LogP contribution in [-0.2, 0) is 0 Å². The highest BCUT2D eigenvalue weighted by Crippen LogP contribution is 2.36. The van der Waals surface area contributed by atoms with Gasteiger partial charge in [-0.15, -0.1) is 11.3 Å². The molecule has 0 aliphatic heterocycles. The van der Waals surface area contributed by atoms with E-state index in [0.717, 1.165) is 14.9 Å². The molecule has 0 saturated carbocycles. The van der Waals surface area contributed by atoms with Gasteiger partial charge < -0.3 is 5.11 Å². The number of thiophene rings is 1. The molecule has 0 bridgehead atoms. The lowest BCUT2D eigenvalue weighted by Gasteiger charge is -1.96. The van der Waals surface area contributed by atoms with Crippen molar-refractivity contribution in [2.45, 2.75) is 0 Å². The maximum Gasteiger partial charge on any atom is 0.345 e. The van der Waals surface area contributed by atoms with Crippen LogP contribution in [0, 0.1) is 0 Å². The van der Waals surface area contributed by atoms with Gasteiger partial charge in [-0.25, -0.2) is 4.79 Å². The fourth-order valence-electron chi connectivity index (χ4n) is 1.26. The zero-order valence-electron chi connectivity index (χ0n) is 7.61. The summed E-state index contributed by atoms with van der Waals surface area (Å²) >= 11 is 4.64. The summed E-state index contributed by atoms with van der Waals surface area (Å²) in [6.45, 7) is 0. The third-order valence-electron chi connectivity index (χ3n) is 1.93. The van der Waals surface area contributed by atoms with Crippen LogP contribution in [0.15, 0.2) is 40.9 Å². The van der Waals surface area contributed by atoms with Gasteiger partial charge in [-0.3, -0.25) is 0 Å². The first-order chi connectivity index (χ1) is 7.18. The lowest BCUT2D eigenvalue weighted by molar-refractivity contribution is 0.0702. The molecule has 0 saturated heterocycles. The minimum absolute atomic E-state index is 0.348. The van der Waals surface area contributed by atoms with E-state index in [1.807, 2.05) is 30.3 Å². The Hall–Kier alpha value is -1.13. The normalized spacial score (nSPS) is 10.2. The van der Waals surface area contributed by atoms with Crippen molar-refractivity contribution in [3.63, 3.8) is 0 Å². The van der Waals surface area contributed by atoms with Gasteiger partial charge in [-0.2, -0.15) is 0 Å². The summed E-state index contributed by atoms with van der Waals surface area (Å²) in [5.41, 5.74) is 1.03. The summed E-state index contributed by atoms with van der Waals surface area (Å²) in [5.74, 6) is -0.886. The van der Waals surface area contributed by atoms with Gasteiger partial charge in [0.15, 0.2) is 0 Å². The lowest BCUT2D eigenvalue weighted by Crippen LogP contribution is -1.89. The molecule has 0 aliphatic rings. The zero-order valence-corrected chi connectivity index (χ0v) is 10.0. The molecule has 2 rings (SSSR count). The third kappa shape index (κ3) is 2.11. The molecule has 2 aromatic rings. The van der Waals surface area contributed by atoms with E-state index in [1.165, 1.54) is 11.3 Å². The smallest absolute Gasteiger partial charge is 0.345 e. The lowest BCUT2D eigenvalue weighted by atomic mass is 10.2. The Balaban J connectivity index is 2.50. The Kier molecular flexibility index (Phi) is 2.88. The molecule has 0 amide bonds. The van der Waals surface area contributed by atoms with Gasteiger partial charge in [0.1, 0.15) is 4.88 Å². The highest BCUT2D eigenvalue weighted by molar-refractivity contribution is 9.10. The molecule has 1 aromatic heterocycles. The second-order valence-corrected chi connectivity index (χ2v) is 4.87. The zero-order chi connectivity index (χ0) is 10.8. The Labute approximate surface area is 99.3 Å². The van der Waals surface area contributed by atoms with Crippen LogP contribution in [0.5, 0.6) is 0 Å². The monoisotopic (exact) mass is 282 g/mol. The summed E-state index contributed by atoms with van der Waals surface area (Å²) in [4.78, 5) is 12.1. The fourth-order valence-corrected chi connectivity index (χ4v) is 3.01. The predicted molar refractivity (Wildman–Crippen MR) is 64.4 cm³/mol. The fraction of sp³-hybridized carbons (Fsp3) is 0. The molecule has 1 aromatic carbocycles. The molecule has 0 spiro atoms. The van der Waals surface area contributed by atoms with Crippen molar-refractivity contribution in [3.8, 4) is 10.4 Å². The molecular formula is C11H7BrO2S. The number of carboxylic acids is 1. The van der Waals surface area contributed by atoms with Crippen molar-refractivity contribution in [2.24, 2.45) is 0 Å². The van der Waals surface area contributed by atoms with Crippen LogP contribution in [0.2, 0.25) is 0 Å². The number of hydrogen-bond donors (Lipinski definition) is 1. The SMILES string of the molecule is O=C(O)c1cc(Br)c(-c2ccccc2)s1. The van der Waals surface area contributed by atoms with Crippen molar-refractivity contribution in [1.82, 2.24) is 0 Å². The number of benzene rings is 1. The van der Waals surface area contributed by atoms with Gasteiger partial charge >= 0.3 is 5.97 Å². The van der Waals surface area contributed by atoms with Crippen molar-refractivity contribution >= 4 is 33.2 Å². The number of aromatic carboxylic acids is 1. The molecule has 76 valence electrons. The third-order valence-corrected chi connectivity index (χ3v) is 3.99. The molecule has 0 unspecified atom stereocenters. The topological polar surface area (TPSA) is 37.3 Å². The van der Waals surface area contributed by atoms with Gasteiger partial charge in [0.25, 0.3) is 0 Å². The standard InChI is InChI=1S/C11H7BrO2S/c12-8-6-9(11(13)14)15-10(8)7-4-2-1-3-5-7/h1-6H,(H,13,14). The summed E-state index contributed by atoms with van der Waals surface area (Å²) in [6.07, 6.45) is 0. The van der Waals surface area contributed by atoms with Gasteiger partial charge in [0.2, 0.25) is 0 Å². The largest absolute Gasteiger partial charge is 0.477 e. The van der Waals surface area contributed by atoms with E-state index in [0.29, 0.717) is 4.88 Å². The molecule has 15 heavy (non-hydrogen) atoms. The minimum atomic E-state index is -0.886. The Bertz CT molecular complexity index is 491. The first-order valence-corrected chi connectivity index (χ1v) is 5.87. The maximum absolute atomic E-state index is 10.8. The summed E-state index contributed by atoms with van der Waals surface area (Å²) in [6, 6.07) is 11.4. The minimum Gasteiger partial charge on any atom is -0.477 e. The molecule has 0 fully saturated rings. The number of rotatable bonds is 2. The van der Waals surface area contributed by atoms with Crippen LogP contribution in [0.3, 0.4) is 0 Å². The number of halogens is 1. The van der Waals surface area contributed by atoms with Crippen LogP contribution in [0.4, 0.5) is 0 Å². The van der Waals surface area contributed by atoms with Gasteiger partial charge in [-0.1, -0.05) is 30.3 Å². The molecule has 1 N–H and O–H groups in total. The second-order valence-electron chi connectivity index (χ2n) is 2.96. The summed E-state index contributed by atoms with van der Waals surface area (Å²) in [5, 5.41) is 8.86. The van der Waals surface area contributed by atoms with E-state index in [2.05, 4.69) is 15.9 Å². The van der Waals surface area contributed by atoms with E-state index >= 15 is 0 Å². The average Bonchev–Trinajstić information content (AvgIpc) is 2.62. The van der Waals surface area contributed by atoms with E-state index in [4.69, 9.17) is 5.11 Å². The van der Waals surface area contributed by atoms with E-state index in [1.54, 1.807) is 6.07 Å². The maximum atomic E-state index is 10.8. The average molecular weight is 283 g/mol. The molecular weight excluding hydrogens is 276 g/mol. The quantitative estimate of drug-likeness (QED) is 0.908. The molecule has 1 heterocycles. The Morgan fingerprint density at radius 1 is 1.27 bits per heavy atom. The number of carbonyl (C=O) groups is 1. The molecule has 0 radical (unpaired) electrons. The Morgan fingerprint density at radius 3 is 2.47 bits per heavy atom. The van der Waals surface area contributed by atoms with Gasteiger partial charge in [0, 0.05) is 9.35 Å². The van der Waals surface area contributed by atoms with Crippen molar-refractivity contribution in [1.29, 1.82) is 0 Å². The molecule has 4 heteroatoms. The van der Waals surface area contributed by atoms with Crippen LogP contribution in [-0.4, -0.2) is 11.1 Å². The van der Waals surface area contributed by atoms with Gasteiger partial charge in [0.05, 0.1) is 0 Å². The van der Waals surface area contributed by atoms with E-state index in [-0.39, 0.29) is 0 Å². The number of carboxylic acid groups (broad SMARTS) is 1.